The van der Waals surface area contributed by atoms with Gasteiger partial charge in [0.25, 0.3) is 0 Å². The number of hydrogen-bond acceptors (Lipinski definition) is 4. The molecule has 0 bridgehead atoms. The van der Waals surface area contributed by atoms with Crippen LogP contribution in [0.15, 0.2) is 17.5 Å². The van der Waals surface area contributed by atoms with Gasteiger partial charge in [0.2, 0.25) is 11.8 Å². The van der Waals surface area contributed by atoms with E-state index in [2.05, 4.69) is 40.0 Å². The largest absolute Gasteiger partial charge is 0.352 e. The lowest BCUT2D eigenvalue weighted by atomic mass is 9.96. The fourth-order valence-corrected chi connectivity index (χ4v) is 5.31. The molecule has 0 aromatic carbocycles. The second kappa shape index (κ2) is 9.69. The first-order chi connectivity index (χ1) is 13.0. The molecule has 5 nitrogen and oxygen atoms in total. The molecule has 6 heteroatoms. The summed E-state index contributed by atoms with van der Waals surface area (Å²) in [5, 5.41) is 8.18. The Kier molecular flexibility index (Phi) is 7.30. The van der Waals surface area contributed by atoms with Gasteiger partial charge in [0.1, 0.15) is 6.04 Å². The van der Waals surface area contributed by atoms with E-state index in [1.165, 1.54) is 24.6 Å². The van der Waals surface area contributed by atoms with Crippen molar-refractivity contribution in [1.82, 2.24) is 15.5 Å². The lowest BCUT2D eigenvalue weighted by Gasteiger charge is -2.36. The summed E-state index contributed by atoms with van der Waals surface area (Å²) in [5.41, 5.74) is 0. The summed E-state index contributed by atoms with van der Waals surface area (Å²) in [4.78, 5) is 28.4. The first kappa shape index (κ1) is 20.3. The van der Waals surface area contributed by atoms with Crippen LogP contribution >= 0.6 is 11.3 Å². The molecule has 2 aliphatic rings. The van der Waals surface area contributed by atoms with Crippen molar-refractivity contribution >= 4 is 23.2 Å². The Morgan fingerprint density at radius 1 is 1.22 bits per heavy atom. The minimum Gasteiger partial charge on any atom is -0.352 e. The molecule has 2 N–H and O–H groups in total. The van der Waals surface area contributed by atoms with E-state index in [1.807, 2.05) is 0 Å². The highest BCUT2D eigenvalue weighted by atomic mass is 32.1. The van der Waals surface area contributed by atoms with Gasteiger partial charge in [-0.15, -0.1) is 11.3 Å². The zero-order valence-corrected chi connectivity index (χ0v) is 17.4. The smallest absolute Gasteiger partial charge is 0.242 e. The van der Waals surface area contributed by atoms with Crippen molar-refractivity contribution in [3.05, 3.63) is 22.4 Å². The molecule has 3 rings (SSSR count). The molecule has 1 saturated heterocycles. The molecule has 1 saturated carbocycles. The van der Waals surface area contributed by atoms with Gasteiger partial charge < -0.3 is 10.6 Å². The summed E-state index contributed by atoms with van der Waals surface area (Å²) in [7, 11) is 0. The third-order valence-corrected chi connectivity index (χ3v) is 7.09. The Morgan fingerprint density at radius 2 is 1.93 bits per heavy atom. The van der Waals surface area contributed by atoms with Crippen molar-refractivity contribution in [2.24, 2.45) is 11.8 Å². The van der Waals surface area contributed by atoms with Crippen LogP contribution in [-0.4, -0.2) is 42.4 Å². The maximum absolute atomic E-state index is 12.9. The summed E-state index contributed by atoms with van der Waals surface area (Å²) in [6.45, 7) is 6.59. The highest BCUT2D eigenvalue weighted by Gasteiger charge is 2.32. The molecule has 150 valence electrons. The number of thiophene rings is 1. The molecular formula is C21H33N3O2S. The molecule has 1 aliphatic carbocycles. The number of nitrogens with zero attached hydrogens (tertiary/aromatic N) is 1. The SMILES string of the molecule is CC(=O)NC(C(=O)NCC(c1cccs1)N1CCC(C)CC1)C1CCCC1. The van der Waals surface area contributed by atoms with Gasteiger partial charge in [-0.1, -0.05) is 25.8 Å². The summed E-state index contributed by atoms with van der Waals surface area (Å²) >= 11 is 1.76. The Labute approximate surface area is 166 Å². The molecule has 2 unspecified atom stereocenters. The van der Waals surface area contributed by atoms with Crippen molar-refractivity contribution in [1.29, 1.82) is 0 Å². The number of carbonyl (C=O) groups excluding carboxylic acids is 2. The molecule has 2 fully saturated rings. The van der Waals surface area contributed by atoms with E-state index in [9.17, 15) is 9.59 Å². The van der Waals surface area contributed by atoms with Crippen molar-refractivity contribution < 1.29 is 9.59 Å². The number of amides is 2. The van der Waals surface area contributed by atoms with Crippen LogP contribution in [0, 0.1) is 11.8 Å². The zero-order chi connectivity index (χ0) is 19.2. The highest BCUT2D eigenvalue weighted by Crippen LogP contribution is 2.30. The van der Waals surface area contributed by atoms with E-state index >= 15 is 0 Å². The highest BCUT2D eigenvalue weighted by molar-refractivity contribution is 7.10. The topological polar surface area (TPSA) is 61.4 Å². The van der Waals surface area contributed by atoms with Crippen LogP contribution in [0.3, 0.4) is 0 Å². The van der Waals surface area contributed by atoms with Gasteiger partial charge in [0.15, 0.2) is 0 Å². The Balaban J connectivity index is 1.64. The normalized spacial score (nSPS) is 21.7. The van der Waals surface area contributed by atoms with Gasteiger partial charge >= 0.3 is 0 Å². The predicted molar refractivity (Wildman–Crippen MR) is 110 cm³/mol. The van der Waals surface area contributed by atoms with Gasteiger partial charge in [0.05, 0.1) is 6.04 Å². The predicted octanol–water partition coefficient (Wildman–Crippen LogP) is 3.33. The third-order valence-electron chi connectivity index (χ3n) is 6.11. The first-order valence-corrected chi connectivity index (χ1v) is 11.2. The number of likely N-dealkylation sites (tertiary alicyclic amines) is 1. The van der Waals surface area contributed by atoms with Crippen molar-refractivity contribution in [2.45, 2.75) is 64.5 Å². The minimum absolute atomic E-state index is 0.0240. The molecule has 2 atom stereocenters. The lowest BCUT2D eigenvalue weighted by Crippen LogP contribution is -2.51. The van der Waals surface area contributed by atoms with Gasteiger partial charge in [-0.25, -0.2) is 0 Å². The number of carbonyl (C=O) groups is 2. The Bertz CT molecular complexity index is 605. The van der Waals surface area contributed by atoms with Crippen LogP contribution in [-0.2, 0) is 9.59 Å². The minimum atomic E-state index is -0.393. The van der Waals surface area contributed by atoms with E-state index < -0.39 is 6.04 Å². The van der Waals surface area contributed by atoms with E-state index in [1.54, 1.807) is 11.3 Å². The molecule has 1 aliphatic heterocycles. The van der Waals surface area contributed by atoms with Gasteiger partial charge in [0, 0.05) is 18.3 Å². The molecule has 27 heavy (non-hydrogen) atoms. The number of rotatable bonds is 7. The van der Waals surface area contributed by atoms with Crippen molar-refractivity contribution in [3.63, 3.8) is 0 Å². The zero-order valence-electron chi connectivity index (χ0n) is 16.6. The standard InChI is InChI=1S/C21H33N3O2S/c1-15-9-11-24(12-10-15)18(19-8-5-13-27-19)14-22-21(26)20(23-16(2)25)17-6-3-4-7-17/h5,8,13,15,17-18,20H,3-4,6-7,9-12,14H2,1-2H3,(H,22,26)(H,23,25). The van der Waals surface area contributed by atoms with E-state index in [0.717, 1.165) is 44.7 Å². The average molecular weight is 392 g/mol. The van der Waals surface area contributed by atoms with Crippen LogP contribution in [0.1, 0.15) is 63.3 Å². The van der Waals surface area contributed by atoms with Gasteiger partial charge in [-0.2, -0.15) is 0 Å². The van der Waals surface area contributed by atoms with Crippen molar-refractivity contribution in [3.8, 4) is 0 Å². The van der Waals surface area contributed by atoms with E-state index in [-0.39, 0.29) is 23.8 Å². The first-order valence-electron chi connectivity index (χ1n) is 10.4. The fraction of sp³-hybridized carbons (Fsp3) is 0.714. The van der Waals surface area contributed by atoms with Crippen LogP contribution in [0.2, 0.25) is 0 Å². The molecular weight excluding hydrogens is 358 g/mol. The van der Waals surface area contributed by atoms with Crippen LogP contribution in [0.4, 0.5) is 0 Å². The summed E-state index contributed by atoms with van der Waals surface area (Å²) in [6, 6.07) is 4.08. The number of nitrogens with one attached hydrogen (secondary N) is 2. The van der Waals surface area contributed by atoms with Gasteiger partial charge in [-0.05, 0) is 62.1 Å². The molecule has 0 radical (unpaired) electrons. The number of piperidine rings is 1. The maximum atomic E-state index is 12.9. The summed E-state index contributed by atoms with van der Waals surface area (Å²) in [5.74, 6) is 0.905. The lowest BCUT2D eigenvalue weighted by molar-refractivity contribution is -0.129. The van der Waals surface area contributed by atoms with E-state index in [4.69, 9.17) is 0 Å². The molecule has 0 spiro atoms. The molecule has 1 aromatic heterocycles. The monoisotopic (exact) mass is 391 g/mol. The fourth-order valence-electron chi connectivity index (χ4n) is 4.45. The quantitative estimate of drug-likeness (QED) is 0.749. The van der Waals surface area contributed by atoms with Crippen LogP contribution < -0.4 is 10.6 Å². The van der Waals surface area contributed by atoms with Crippen LogP contribution in [0.25, 0.3) is 0 Å². The van der Waals surface area contributed by atoms with Crippen molar-refractivity contribution in [2.75, 3.05) is 19.6 Å². The summed E-state index contributed by atoms with van der Waals surface area (Å²) < 4.78 is 0. The second-order valence-corrected chi connectivity index (χ2v) is 9.20. The second-order valence-electron chi connectivity index (χ2n) is 8.22. The number of hydrogen-bond donors (Lipinski definition) is 2. The van der Waals surface area contributed by atoms with E-state index in [0.29, 0.717) is 6.54 Å². The summed E-state index contributed by atoms with van der Waals surface area (Å²) in [6.07, 6.45) is 6.78. The molecule has 2 amide bonds. The maximum Gasteiger partial charge on any atom is 0.242 e. The Morgan fingerprint density at radius 3 is 2.52 bits per heavy atom. The average Bonchev–Trinajstić information content (AvgIpc) is 3.35. The van der Waals surface area contributed by atoms with Gasteiger partial charge in [-0.3, -0.25) is 14.5 Å². The van der Waals surface area contributed by atoms with Crippen LogP contribution in [0.5, 0.6) is 0 Å². The molecule has 2 heterocycles. The Hall–Kier alpha value is -1.40. The third kappa shape index (κ3) is 5.55. The molecule has 1 aromatic rings.